The summed E-state index contributed by atoms with van der Waals surface area (Å²) in [5.41, 5.74) is 3.78. The molecule has 2 aromatic heterocycles. The molecule has 0 amide bonds. The normalized spacial score (nSPS) is 10.8. The number of nitrogens with zero attached hydrogens (tertiary/aromatic N) is 2. The molecule has 2 aromatic carbocycles. The van der Waals surface area contributed by atoms with Crippen LogP contribution in [-0.2, 0) is 0 Å². The molecule has 3 heteroatoms. The summed E-state index contributed by atoms with van der Waals surface area (Å²) in [6.45, 7) is 0. The van der Waals surface area contributed by atoms with Crippen LogP contribution in [0.3, 0.4) is 0 Å². The van der Waals surface area contributed by atoms with Gasteiger partial charge in [0.2, 0.25) is 0 Å². The zero-order valence-electron chi connectivity index (χ0n) is 12.4. The van der Waals surface area contributed by atoms with Gasteiger partial charge in [0.25, 0.3) is 0 Å². The first kappa shape index (κ1) is 13.5. The standard InChI is InChI=1S/C20H14N2O/c23-20(16-11-5-2-6-12-16)18-17-13-7-8-14-22(17)21-19(18)15-9-3-1-4-10-15/h1-14H. The molecule has 0 aliphatic carbocycles. The van der Waals surface area contributed by atoms with Crippen LogP contribution < -0.4 is 0 Å². The molecule has 0 spiro atoms. The lowest BCUT2D eigenvalue weighted by Gasteiger charge is -2.03. The third kappa shape index (κ3) is 2.32. The average molecular weight is 298 g/mol. The minimum atomic E-state index is -0.00865. The molecule has 0 radical (unpaired) electrons. The smallest absolute Gasteiger partial charge is 0.197 e. The van der Waals surface area contributed by atoms with E-state index in [1.54, 1.807) is 4.52 Å². The van der Waals surface area contributed by atoms with E-state index in [1.807, 2.05) is 85.1 Å². The lowest BCUT2D eigenvalue weighted by molar-refractivity contribution is 0.104. The predicted molar refractivity (Wildman–Crippen MR) is 90.5 cm³/mol. The first-order chi connectivity index (χ1) is 11.3. The molecule has 23 heavy (non-hydrogen) atoms. The maximum atomic E-state index is 13.1. The molecule has 110 valence electrons. The molecule has 0 saturated heterocycles. The first-order valence-corrected chi connectivity index (χ1v) is 7.47. The van der Waals surface area contributed by atoms with Gasteiger partial charge >= 0.3 is 0 Å². The van der Waals surface area contributed by atoms with Crippen molar-refractivity contribution in [1.29, 1.82) is 0 Å². The Morgan fingerprint density at radius 1 is 0.783 bits per heavy atom. The predicted octanol–water partition coefficient (Wildman–Crippen LogP) is 4.23. The van der Waals surface area contributed by atoms with E-state index < -0.39 is 0 Å². The van der Waals surface area contributed by atoms with Gasteiger partial charge in [-0.1, -0.05) is 66.7 Å². The van der Waals surface area contributed by atoms with Crippen LogP contribution in [0.4, 0.5) is 0 Å². The fraction of sp³-hybridized carbons (Fsp3) is 0. The van der Waals surface area contributed by atoms with Crippen molar-refractivity contribution in [3.05, 3.63) is 96.2 Å². The van der Waals surface area contributed by atoms with Crippen molar-refractivity contribution in [2.75, 3.05) is 0 Å². The van der Waals surface area contributed by atoms with Crippen LogP contribution in [0, 0.1) is 0 Å². The second-order valence-corrected chi connectivity index (χ2v) is 5.32. The molecule has 0 aliphatic rings. The van der Waals surface area contributed by atoms with Crippen LogP contribution >= 0.6 is 0 Å². The van der Waals surface area contributed by atoms with Crippen LogP contribution in [0.1, 0.15) is 15.9 Å². The van der Waals surface area contributed by atoms with Crippen molar-refractivity contribution in [2.45, 2.75) is 0 Å². The van der Waals surface area contributed by atoms with Gasteiger partial charge in [0.1, 0.15) is 5.69 Å². The Labute approximate surface area is 133 Å². The number of ketones is 1. The minimum absolute atomic E-state index is 0.00865. The van der Waals surface area contributed by atoms with Gasteiger partial charge in [-0.05, 0) is 12.1 Å². The van der Waals surface area contributed by atoms with Gasteiger partial charge in [0.05, 0.1) is 11.1 Å². The summed E-state index contributed by atoms with van der Waals surface area (Å²) in [6, 6.07) is 24.9. The van der Waals surface area contributed by atoms with Gasteiger partial charge in [-0.3, -0.25) is 4.79 Å². The zero-order valence-corrected chi connectivity index (χ0v) is 12.4. The maximum absolute atomic E-state index is 13.1. The zero-order chi connectivity index (χ0) is 15.6. The van der Waals surface area contributed by atoms with E-state index in [4.69, 9.17) is 0 Å². The number of pyridine rings is 1. The van der Waals surface area contributed by atoms with E-state index in [-0.39, 0.29) is 5.78 Å². The van der Waals surface area contributed by atoms with Crippen molar-refractivity contribution < 1.29 is 4.79 Å². The van der Waals surface area contributed by atoms with Gasteiger partial charge in [0, 0.05) is 17.3 Å². The van der Waals surface area contributed by atoms with Crippen molar-refractivity contribution in [1.82, 2.24) is 9.61 Å². The summed E-state index contributed by atoms with van der Waals surface area (Å²) in [5, 5.41) is 4.63. The molecule has 0 N–H and O–H groups in total. The Balaban J connectivity index is 1.99. The topological polar surface area (TPSA) is 34.4 Å². The van der Waals surface area contributed by atoms with Crippen molar-refractivity contribution in [3.63, 3.8) is 0 Å². The average Bonchev–Trinajstić information content (AvgIpc) is 3.02. The van der Waals surface area contributed by atoms with Gasteiger partial charge in [-0.15, -0.1) is 0 Å². The summed E-state index contributed by atoms with van der Waals surface area (Å²) < 4.78 is 1.76. The highest BCUT2D eigenvalue weighted by Crippen LogP contribution is 2.28. The summed E-state index contributed by atoms with van der Waals surface area (Å²) in [6.07, 6.45) is 1.86. The number of hydrogen-bond donors (Lipinski definition) is 0. The SMILES string of the molecule is O=C(c1ccccc1)c1c(-c2ccccc2)nn2ccccc12. The highest BCUT2D eigenvalue weighted by molar-refractivity contribution is 6.16. The molecule has 0 fully saturated rings. The Bertz CT molecular complexity index is 972. The Hall–Kier alpha value is -3.20. The molecule has 3 nitrogen and oxygen atoms in total. The molecule has 4 aromatic rings. The highest BCUT2D eigenvalue weighted by atomic mass is 16.1. The summed E-state index contributed by atoms with van der Waals surface area (Å²) in [4.78, 5) is 13.1. The number of carbonyl (C=O) groups excluding carboxylic acids is 1. The van der Waals surface area contributed by atoms with E-state index in [1.165, 1.54) is 0 Å². The molecule has 0 unspecified atom stereocenters. The number of aromatic nitrogens is 2. The minimum Gasteiger partial charge on any atom is -0.288 e. The molecular weight excluding hydrogens is 284 g/mol. The summed E-state index contributed by atoms with van der Waals surface area (Å²) >= 11 is 0. The van der Waals surface area contributed by atoms with Crippen molar-refractivity contribution in [2.24, 2.45) is 0 Å². The molecule has 0 aliphatic heterocycles. The van der Waals surface area contributed by atoms with Gasteiger partial charge in [-0.2, -0.15) is 5.10 Å². The first-order valence-electron chi connectivity index (χ1n) is 7.47. The lowest BCUT2D eigenvalue weighted by atomic mass is 9.98. The number of hydrogen-bond acceptors (Lipinski definition) is 2. The third-order valence-electron chi connectivity index (χ3n) is 3.85. The number of carbonyl (C=O) groups is 1. The summed E-state index contributed by atoms with van der Waals surface area (Å²) in [7, 11) is 0. The van der Waals surface area contributed by atoms with Crippen molar-refractivity contribution >= 4 is 11.3 Å². The number of benzene rings is 2. The van der Waals surface area contributed by atoms with Gasteiger partial charge < -0.3 is 0 Å². The van der Waals surface area contributed by atoms with Gasteiger partial charge in [-0.25, -0.2) is 4.52 Å². The Morgan fingerprint density at radius 3 is 2.17 bits per heavy atom. The van der Waals surface area contributed by atoms with Crippen LogP contribution in [-0.4, -0.2) is 15.4 Å². The van der Waals surface area contributed by atoms with Crippen LogP contribution in [0.5, 0.6) is 0 Å². The lowest BCUT2D eigenvalue weighted by Crippen LogP contribution is -2.02. The Morgan fingerprint density at radius 2 is 1.43 bits per heavy atom. The summed E-state index contributed by atoms with van der Waals surface area (Å²) in [5.74, 6) is -0.00865. The van der Waals surface area contributed by atoms with Crippen LogP contribution in [0.25, 0.3) is 16.8 Å². The number of fused-ring (bicyclic) bond motifs is 1. The monoisotopic (exact) mass is 298 g/mol. The second-order valence-electron chi connectivity index (χ2n) is 5.32. The van der Waals surface area contributed by atoms with E-state index in [9.17, 15) is 4.79 Å². The molecule has 0 saturated carbocycles. The molecular formula is C20H14N2O. The highest BCUT2D eigenvalue weighted by Gasteiger charge is 2.21. The van der Waals surface area contributed by atoms with Crippen LogP contribution in [0.15, 0.2) is 85.1 Å². The molecule has 4 rings (SSSR count). The molecule has 2 heterocycles. The maximum Gasteiger partial charge on any atom is 0.197 e. The van der Waals surface area contributed by atoms with E-state index in [0.717, 1.165) is 11.1 Å². The van der Waals surface area contributed by atoms with E-state index in [2.05, 4.69) is 5.10 Å². The quantitative estimate of drug-likeness (QED) is 0.530. The largest absolute Gasteiger partial charge is 0.288 e. The van der Waals surface area contributed by atoms with Gasteiger partial charge in [0.15, 0.2) is 5.78 Å². The van der Waals surface area contributed by atoms with Crippen LogP contribution in [0.2, 0.25) is 0 Å². The fourth-order valence-corrected chi connectivity index (χ4v) is 2.75. The third-order valence-corrected chi connectivity index (χ3v) is 3.85. The van der Waals surface area contributed by atoms with E-state index in [0.29, 0.717) is 16.8 Å². The second kappa shape index (κ2) is 5.54. The molecule has 0 bridgehead atoms. The van der Waals surface area contributed by atoms with E-state index >= 15 is 0 Å². The number of rotatable bonds is 3. The molecule has 0 atom stereocenters. The Kier molecular flexibility index (Phi) is 3.24. The van der Waals surface area contributed by atoms with Crippen molar-refractivity contribution in [3.8, 4) is 11.3 Å². The fourth-order valence-electron chi connectivity index (χ4n) is 2.75.